The molecule has 4 nitrogen and oxygen atoms in total. The maximum absolute atomic E-state index is 13.2. The fraction of sp³-hybridized carbons (Fsp3) is 0.267. The Morgan fingerprint density at radius 3 is 2.65 bits per heavy atom. The number of nitrogens with zero attached hydrogens (tertiary/aromatic N) is 2. The highest BCUT2D eigenvalue weighted by atomic mass is 32.2. The quantitative estimate of drug-likeness (QED) is 0.776. The third-order valence-corrected chi connectivity index (χ3v) is 4.24. The number of alkyl halides is 3. The average Bonchev–Trinajstić information content (AvgIpc) is 2.99. The Morgan fingerprint density at radius 1 is 1.48 bits per heavy atom. The number of Topliss-reactive ketones (excluding diaryl/α,β-unsaturated/α-hetero) is 1. The van der Waals surface area contributed by atoms with E-state index in [0.717, 1.165) is 17.8 Å². The minimum absolute atomic E-state index is 0.0421. The highest BCUT2D eigenvalue weighted by molar-refractivity contribution is 8.00. The summed E-state index contributed by atoms with van der Waals surface area (Å²) in [7, 11) is 0. The van der Waals surface area contributed by atoms with Crippen LogP contribution in [0, 0.1) is 11.3 Å². The van der Waals surface area contributed by atoms with Crippen molar-refractivity contribution in [2.45, 2.75) is 30.3 Å². The zero-order chi connectivity index (χ0) is 17.2. The molecule has 0 radical (unpaired) electrons. The number of nitriles is 1. The van der Waals surface area contributed by atoms with Gasteiger partial charge in [0.25, 0.3) is 0 Å². The Hall–Kier alpha value is -2.27. The van der Waals surface area contributed by atoms with Crippen LogP contribution >= 0.6 is 11.8 Å². The SMILES string of the molecule is CC(=O)C(C)Sc1nc(-c2ccco2)cc(C(F)(F)F)c1C#N. The summed E-state index contributed by atoms with van der Waals surface area (Å²) in [6.45, 7) is 2.87. The third-order valence-electron chi connectivity index (χ3n) is 3.04. The van der Waals surface area contributed by atoms with Crippen molar-refractivity contribution in [1.29, 1.82) is 5.26 Å². The number of aromatic nitrogens is 1. The van der Waals surface area contributed by atoms with Crippen LogP contribution in [0.2, 0.25) is 0 Å². The predicted octanol–water partition coefficient (Wildman–Crippen LogP) is 4.30. The molecule has 120 valence electrons. The first-order valence-corrected chi connectivity index (χ1v) is 7.35. The lowest BCUT2D eigenvalue weighted by molar-refractivity contribution is -0.138. The molecule has 0 aliphatic rings. The minimum Gasteiger partial charge on any atom is -0.463 e. The van der Waals surface area contributed by atoms with Gasteiger partial charge in [-0.2, -0.15) is 18.4 Å². The molecule has 2 aromatic rings. The van der Waals surface area contributed by atoms with Crippen molar-refractivity contribution in [3.63, 3.8) is 0 Å². The number of furan rings is 1. The molecule has 2 rings (SSSR count). The maximum atomic E-state index is 13.2. The van der Waals surface area contributed by atoms with Gasteiger partial charge in [-0.05, 0) is 32.0 Å². The predicted molar refractivity (Wildman–Crippen MR) is 77.7 cm³/mol. The van der Waals surface area contributed by atoms with Crippen molar-refractivity contribution in [2.75, 3.05) is 0 Å². The van der Waals surface area contributed by atoms with Gasteiger partial charge in [-0.3, -0.25) is 4.79 Å². The molecule has 23 heavy (non-hydrogen) atoms. The van der Waals surface area contributed by atoms with E-state index in [9.17, 15) is 18.0 Å². The second kappa shape index (κ2) is 6.46. The molecule has 0 saturated heterocycles. The Labute approximate surface area is 134 Å². The first kappa shape index (κ1) is 17.1. The summed E-state index contributed by atoms with van der Waals surface area (Å²) in [5.41, 5.74) is -1.73. The molecule has 1 unspecified atom stereocenters. The molecule has 0 amide bonds. The van der Waals surface area contributed by atoms with E-state index in [-0.39, 0.29) is 22.3 Å². The fourth-order valence-electron chi connectivity index (χ4n) is 1.74. The van der Waals surface area contributed by atoms with E-state index in [1.165, 1.54) is 25.3 Å². The van der Waals surface area contributed by atoms with Gasteiger partial charge in [0.2, 0.25) is 0 Å². The molecule has 1 atom stereocenters. The van der Waals surface area contributed by atoms with Gasteiger partial charge >= 0.3 is 6.18 Å². The number of carbonyl (C=O) groups excluding carboxylic acids is 1. The zero-order valence-electron chi connectivity index (χ0n) is 12.1. The Morgan fingerprint density at radius 2 is 2.17 bits per heavy atom. The van der Waals surface area contributed by atoms with Crippen LogP contribution in [0.25, 0.3) is 11.5 Å². The van der Waals surface area contributed by atoms with Gasteiger partial charge in [-0.25, -0.2) is 4.98 Å². The van der Waals surface area contributed by atoms with Crippen LogP contribution in [0.5, 0.6) is 0 Å². The Kier molecular flexibility index (Phi) is 4.80. The van der Waals surface area contributed by atoms with E-state index >= 15 is 0 Å². The zero-order valence-corrected chi connectivity index (χ0v) is 13.0. The van der Waals surface area contributed by atoms with Crippen molar-refractivity contribution in [1.82, 2.24) is 4.98 Å². The van der Waals surface area contributed by atoms with Crippen LogP contribution < -0.4 is 0 Å². The molecule has 0 saturated carbocycles. The van der Waals surface area contributed by atoms with Gasteiger partial charge in [-0.1, -0.05) is 11.8 Å². The van der Waals surface area contributed by atoms with Crippen molar-refractivity contribution in [3.05, 3.63) is 35.6 Å². The van der Waals surface area contributed by atoms with Gasteiger partial charge in [0.15, 0.2) is 5.76 Å². The number of hydrogen-bond acceptors (Lipinski definition) is 5. The second-order valence-corrected chi connectivity index (χ2v) is 6.02. The lowest BCUT2D eigenvalue weighted by atomic mass is 10.1. The van der Waals surface area contributed by atoms with Crippen molar-refractivity contribution >= 4 is 17.5 Å². The number of carbonyl (C=O) groups is 1. The number of ketones is 1. The molecule has 0 aliphatic heterocycles. The number of halogens is 3. The summed E-state index contributed by atoms with van der Waals surface area (Å²) >= 11 is 0.820. The standard InChI is InChI=1S/C15H11F3N2O2S/c1-8(21)9(2)23-14-10(7-19)11(15(16,17)18)6-12(20-14)13-4-3-5-22-13/h3-6,9H,1-2H3. The second-order valence-electron chi connectivity index (χ2n) is 4.69. The Balaban J connectivity index is 2.65. The van der Waals surface area contributed by atoms with Gasteiger partial charge in [-0.15, -0.1) is 0 Å². The van der Waals surface area contributed by atoms with E-state index in [4.69, 9.17) is 9.68 Å². The molecule has 0 aliphatic carbocycles. The minimum atomic E-state index is -4.72. The number of hydrogen-bond donors (Lipinski definition) is 0. The molecule has 0 spiro atoms. The van der Waals surface area contributed by atoms with Crippen LogP contribution in [0.3, 0.4) is 0 Å². The van der Waals surface area contributed by atoms with E-state index in [0.29, 0.717) is 0 Å². The molecule has 0 aromatic carbocycles. The first-order chi connectivity index (χ1) is 10.7. The van der Waals surface area contributed by atoms with Crippen molar-refractivity contribution < 1.29 is 22.4 Å². The first-order valence-electron chi connectivity index (χ1n) is 6.47. The number of pyridine rings is 1. The fourth-order valence-corrected chi connectivity index (χ4v) is 2.66. The maximum Gasteiger partial charge on any atom is 0.417 e. The lowest BCUT2D eigenvalue weighted by Crippen LogP contribution is -2.13. The van der Waals surface area contributed by atoms with E-state index in [1.807, 2.05) is 0 Å². The highest BCUT2D eigenvalue weighted by Gasteiger charge is 2.36. The van der Waals surface area contributed by atoms with Crippen LogP contribution in [0.15, 0.2) is 33.9 Å². The molecule has 2 aromatic heterocycles. The van der Waals surface area contributed by atoms with E-state index in [2.05, 4.69) is 4.98 Å². The van der Waals surface area contributed by atoms with Gasteiger partial charge in [0.1, 0.15) is 22.6 Å². The largest absolute Gasteiger partial charge is 0.463 e. The van der Waals surface area contributed by atoms with Crippen LogP contribution in [-0.2, 0) is 11.0 Å². The molecule has 8 heteroatoms. The van der Waals surface area contributed by atoms with Gasteiger partial charge in [0.05, 0.1) is 22.6 Å². The number of thioether (sulfide) groups is 1. The number of rotatable bonds is 4. The topological polar surface area (TPSA) is 66.9 Å². The Bertz CT molecular complexity index is 764. The summed E-state index contributed by atoms with van der Waals surface area (Å²) in [6, 6.07) is 5.31. The van der Waals surface area contributed by atoms with Crippen LogP contribution in [-0.4, -0.2) is 16.0 Å². The average molecular weight is 340 g/mol. The highest BCUT2D eigenvalue weighted by Crippen LogP contribution is 2.38. The summed E-state index contributed by atoms with van der Waals surface area (Å²) < 4.78 is 44.8. The molecular weight excluding hydrogens is 329 g/mol. The van der Waals surface area contributed by atoms with Crippen LogP contribution in [0.1, 0.15) is 25.0 Å². The molecule has 0 bridgehead atoms. The van der Waals surface area contributed by atoms with Crippen LogP contribution in [0.4, 0.5) is 13.2 Å². The van der Waals surface area contributed by atoms with Gasteiger partial charge in [0, 0.05) is 0 Å². The summed E-state index contributed by atoms with van der Waals surface area (Å²) in [5.74, 6) is -0.0741. The van der Waals surface area contributed by atoms with Crippen molar-refractivity contribution in [2.24, 2.45) is 0 Å². The molecular formula is C15H11F3N2O2S. The lowest BCUT2D eigenvalue weighted by Gasteiger charge is -2.14. The monoisotopic (exact) mass is 340 g/mol. The third kappa shape index (κ3) is 3.74. The van der Waals surface area contributed by atoms with E-state index < -0.39 is 22.6 Å². The van der Waals surface area contributed by atoms with Crippen molar-refractivity contribution in [3.8, 4) is 17.5 Å². The van der Waals surface area contributed by atoms with Gasteiger partial charge < -0.3 is 4.42 Å². The van der Waals surface area contributed by atoms with E-state index in [1.54, 1.807) is 13.0 Å². The summed E-state index contributed by atoms with van der Waals surface area (Å²) in [5, 5.41) is 8.36. The molecule has 0 N–H and O–H groups in total. The molecule has 2 heterocycles. The molecule has 0 fully saturated rings. The summed E-state index contributed by atoms with van der Waals surface area (Å²) in [4.78, 5) is 15.4. The summed E-state index contributed by atoms with van der Waals surface area (Å²) in [6.07, 6.45) is -3.41. The smallest absolute Gasteiger partial charge is 0.417 e. The normalized spacial score (nSPS) is 12.7.